The number of nitrogens with zero attached hydrogens (tertiary/aromatic N) is 3. The Morgan fingerprint density at radius 3 is 2.46 bits per heavy atom. The van der Waals surface area contributed by atoms with E-state index in [0.717, 1.165) is 0 Å². The molecule has 2 aromatic carbocycles. The van der Waals surface area contributed by atoms with Crippen molar-refractivity contribution in [1.29, 1.82) is 0 Å². The van der Waals surface area contributed by atoms with Crippen molar-refractivity contribution in [3.63, 3.8) is 0 Å². The van der Waals surface area contributed by atoms with Crippen LogP contribution in [0.3, 0.4) is 0 Å². The summed E-state index contributed by atoms with van der Waals surface area (Å²) in [4.78, 5) is 24.9. The minimum Gasteiger partial charge on any atom is -0.439 e. The molecule has 0 saturated carbocycles. The lowest BCUT2D eigenvalue weighted by Crippen LogP contribution is -2.37. The summed E-state index contributed by atoms with van der Waals surface area (Å²) in [5.74, 6) is -1.23. The maximum absolute atomic E-state index is 13.1. The first-order chi connectivity index (χ1) is 13.5. The highest BCUT2D eigenvalue weighted by Gasteiger charge is 2.19. The summed E-state index contributed by atoms with van der Waals surface area (Å²) in [7, 11) is 0. The third-order valence-corrected chi connectivity index (χ3v) is 3.77. The molecule has 28 heavy (non-hydrogen) atoms. The van der Waals surface area contributed by atoms with E-state index in [0.29, 0.717) is 11.3 Å². The number of carbonyl (C=O) groups excluding carboxylic acids is 2. The Bertz CT molecular complexity index is 944. The van der Waals surface area contributed by atoms with Gasteiger partial charge in [-0.25, -0.2) is 4.39 Å². The topological polar surface area (TPSA) is 112 Å². The van der Waals surface area contributed by atoms with E-state index in [4.69, 9.17) is 14.9 Å². The average Bonchev–Trinajstić information content (AvgIpc) is 3.17. The predicted molar refractivity (Wildman–Crippen MR) is 97.8 cm³/mol. The van der Waals surface area contributed by atoms with Crippen LogP contribution in [0.4, 0.5) is 10.1 Å². The van der Waals surface area contributed by atoms with Crippen LogP contribution >= 0.6 is 0 Å². The lowest BCUT2D eigenvalue weighted by molar-refractivity contribution is -0.121. The molecule has 144 valence electrons. The molecule has 9 heteroatoms. The van der Waals surface area contributed by atoms with Crippen LogP contribution in [0.2, 0.25) is 0 Å². The maximum Gasteiger partial charge on any atom is 0.415 e. The number of amides is 2. The Morgan fingerprint density at radius 1 is 1.07 bits per heavy atom. The third-order valence-electron chi connectivity index (χ3n) is 3.77. The summed E-state index contributed by atoms with van der Waals surface area (Å²) in [6.45, 7) is -0.380. The monoisotopic (exact) mass is 384 g/mol. The molecule has 0 spiro atoms. The molecule has 0 radical (unpaired) electrons. The van der Waals surface area contributed by atoms with Crippen LogP contribution in [-0.2, 0) is 9.59 Å². The number of primary amides is 1. The molecule has 1 aromatic heterocycles. The average molecular weight is 384 g/mol. The van der Waals surface area contributed by atoms with Gasteiger partial charge >= 0.3 is 6.08 Å². The van der Waals surface area contributed by atoms with Gasteiger partial charge in [-0.3, -0.25) is 9.59 Å². The van der Waals surface area contributed by atoms with Crippen LogP contribution < -0.4 is 15.4 Å². The fourth-order valence-corrected chi connectivity index (χ4v) is 2.41. The molecule has 0 atom stereocenters. The number of nitrogens with two attached hydrogens (primary N) is 1. The molecule has 0 unspecified atom stereocenters. The zero-order valence-electron chi connectivity index (χ0n) is 14.7. The van der Waals surface area contributed by atoms with Crippen LogP contribution in [0.1, 0.15) is 6.42 Å². The van der Waals surface area contributed by atoms with Crippen LogP contribution in [0, 0.1) is 5.82 Å². The van der Waals surface area contributed by atoms with E-state index in [1.165, 1.54) is 29.2 Å². The van der Waals surface area contributed by atoms with Gasteiger partial charge in [0.25, 0.3) is 11.8 Å². The largest absolute Gasteiger partial charge is 0.439 e. The fourth-order valence-electron chi connectivity index (χ4n) is 2.41. The summed E-state index contributed by atoms with van der Waals surface area (Å²) in [5, 5.41) is 7.62. The normalized spacial score (nSPS) is 10.5. The SMILES string of the molecule is NC(=O)CCN(C(=O)COc1nnc(-c2ccccc2)o1)c1ccc(F)cc1. The summed E-state index contributed by atoms with van der Waals surface area (Å²) in [5.41, 5.74) is 6.29. The molecule has 8 nitrogen and oxygen atoms in total. The van der Waals surface area contributed by atoms with Gasteiger partial charge in [0, 0.05) is 24.2 Å². The quantitative estimate of drug-likeness (QED) is 0.637. The van der Waals surface area contributed by atoms with Crippen LogP contribution in [0.5, 0.6) is 6.08 Å². The number of anilines is 1. The zero-order valence-corrected chi connectivity index (χ0v) is 14.7. The van der Waals surface area contributed by atoms with Gasteiger partial charge in [-0.1, -0.05) is 23.3 Å². The number of benzene rings is 2. The molecular formula is C19H17FN4O4. The van der Waals surface area contributed by atoms with E-state index in [2.05, 4.69) is 10.2 Å². The molecule has 3 rings (SSSR count). The predicted octanol–water partition coefficient (Wildman–Crippen LogP) is 2.16. The first kappa shape index (κ1) is 19.0. The minimum atomic E-state index is -0.565. The Balaban J connectivity index is 1.67. The molecule has 0 fully saturated rings. The summed E-state index contributed by atoms with van der Waals surface area (Å²) >= 11 is 0. The molecule has 0 aliphatic carbocycles. The number of carbonyl (C=O) groups is 2. The van der Waals surface area contributed by atoms with Gasteiger partial charge < -0.3 is 19.8 Å². The Labute approximate surface area is 159 Å². The van der Waals surface area contributed by atoms with Crippen molar-refractivity contribution in [1.82, 2.24) is 10.2 Å². The molecule has 2 amide bonds. The molecule has 0 bridgehead atoms. The van der Waals surface area contributed by atoms with Gasteiger partial charge in [-0.2, -0.15) is 0 Å². The number of rotatable bonds is 8. The van der Waals surface area contributed by atoms with Crippen molar-refractivity contribution in [3.8, 4) is 17.5 Å². The Morgan fingerprint density at radius 2 is 1.79 bits per heavy atom. The highest BCUT2D eigenvalue weighted by molar-refractivity contribution is 5.95. The molecule has 2 N–H and O–H groups in total. The lowest BCUT2D eigenvalue weighted by atomic mass is 10.2. The van der Waals surface area contributed by atoms with E-state index in [1.807, 2.05) is 18.2 Å². The van der Waals surface area contributed by atoms with Crippen LogP contribution in [0.25, 0.3) is 11.5 Å². The van der Waals surface area contributed by atoms with Gasteiger partial charge in [0.05, 0.1) is 0 Å². The minimum absolute atomic E-state index is 0.0300. The van der Waals surface area contributed by atoms with Gasteiger partial charge in [-0.05, 0) is 36.4 Å². The molecule has 0 saturated heterocycles. The lowest BCUT2D eigenvalue weighted by Gasteiger charge is -2.22. The van der Waals surface area contributed by atoms with E-state index in [1.54, 1.807) is 12.1 Å². The maximum atomic E-state index is 13.1. The zero-order chi connectivity index (χ0) is 19.9. The second-order valence-corrected chi connectivity index (χ2v) is 5.77. The van der Waals surface area contributed by atoms with Crippen molar-refractivity contribution in [2.24, 2.45) is 5.73 Å². The number of aromatic nitrogens is 2. The van der Waals surface area contributed by atoms with E-state index in [-0.39, 0.29) is 24.9 Å². The van der Waals surface area contributed by atoms with Crippen molar-refractivity contribution in [3.05, 3.63) is 60.4 Å². The smallest absolute Gasteiger partial charge is 0.415 e. The first-order valence-electron chi connectivity index (χ1n) is 8.39. The molecule has 1 heterocycles. The number of ether oxygens (including phenoxy) is 1. The molecule has 0 aliphatic rings. The standard InChI is InChI=1S/C19H17FN4O4/c20-14-6-8-15(9-7-14)24(11-10-16(21)25)17(26)12-27-19-23-22-18(28-19)13-4-2-1-3-5-13/h1-9H,10-12H2,(H2,21,25). The van der Waals surface area contributed by atoms with Crippen molar-refractivity contribution in [2.45, 2.75) is 6.42 Å². The highest BCUT2D eigenvalue weighted by atomic mass is 19.1. The van der Waals surface area contributed by atoms with Crippen LogP contribution in [-0.4, -0.2) is 35.2 Å². The second kappa shape index (κ2) is 8.76. The van der Waals surface area contributed by atoms with E-state index >= 15 is 0 Å². The van der Waals surface area contributed by atoms with E-state index < -0.39 is 24.2 Å². The van der Waals surface area contributed by atoms with Gasteiger partial charge in [0.2, 0.25) is 5.91 Å². The van der Waals surface area contributed by atoms with Gasteiger partial charge in [0.15, 0.2) is 6.61 Å². The molecule has 3 aromatic rings. The summed E-state index contributed by atoms with van der Waals surface area (Å²) in [6.07, 6.45) is -0.219. The third kappa shape index (κ3) is 4.91. The Hall–Kier alpha value is -3.75. The van der Waals surface area contributed by atoms with Crippen molar-refractivity contribution >= 4 is 17.5 Å². The highest BCUT2D eigenvalue weighted by Crippen LogP contribution is 2.21. The van der Waals surface area contributed by atoms with Crippen LogP contribution in [0.15, 0.2) is 59.0 Å². The summed E-state index contributed by atoms with van der Waals surface area (Å²) < 4.78 is 23.8. The number of hydrogen-bond donors (Lipinski definition) is 1. The summed E-state index contributed by atoms with van der Waals surface area (Å²) in [6, 6.07) is 14.4. The second-order valence-electron chi connectivity index (χ2n) is 5.77. The van der Waals surface area contributed by atoms with Crippen molar-refractivity contribution < 1.29 is 23.1 Å². The number of halogens is 1. The molecule has 0 aliphatic heterocycles. The molecular weight excluding hydrogens is 367 g/mol. The van der Waals surface area contributed by atoms with Gasteiger partial charge in [-0.15, -0.1) is 5.10 Å². The van der Waals surface area contributed by atoms with Crippen molar-refractivity contribution in [2.75, 3.05) is 18.1 Å². The Kier molecular flexibility index (Phi) is 5.95. The number of hydrogen-bond acceptors (Lipinski definition) is 6. The fraction of sp³-hybridized carbons (Fsp3) is 0.158. The first-order valence-corrected chi connectivity index (χ1v) is 8.39. The van der Waals surface area contributed by atoms with Gasteiger partial charge in [0.1, 0.15) is 5.82 Å². The van der Waals surface area contributed by atoms with E-state index in [9.17, 15) is 14.0 Å².